The van der Waals surface area contributed by atoms with E-state index in [0.717, 1.165) is 60.0 Å². The van der Waals surface area contributed by atoms with Crippen LogP contribution in [0, 0.1) is 5.92 Å². The SMILES string of the molecule is COc1ccc(C[C@@H](NC(=O)C2CCN(c3ccc4nncn4n3)CC2)c2ccc(OC)cc2)cc1. The van der Waals surface area contributed by atoms with Gasteiger partial charge in [0.25, 0.3) is 0 Å². The van der Waals surface area contributed by atoms with Crippen LogP contribution >= 0.6 is 0 Å². The van der Waals surface area contributed by atoms with Crippen LogP contribution in [0.2, 0.25) is 0 Å². The molecule has 1 atom stereocenters. The number of ether oxygens (including phenoxy) is 2. The van der Waals surface area contributed by atoms with Crippen molar-refractivity contribution >= 4 is 17.4 Å². The van der Waals surface area contributed by atoms with Gasteiger partial charge in [-0.25, -0.2) is 0 Å². The van der Waals surface area contributed by atoms with Crippen LogP contribution in [-0.2, 0) is 11.2 Å². The highest BCUT2D eigenvalue weighted by atomic mass is 16.5. The number of anilines is 1. The number of methoxy groups -OCH3 is 2. The number of fused-ring (bicyclic) bond motifs is 1. The molecule has 0 aliphatic carbocycles. The normalized spacial score (nSPS) is 15.0. The molecule has 36 heavy (non-hydrogen) atoms. The van der Waals surface area contributed by atoms with Crippen LogP contribution < -0.4 is 19.7 Å². The van der Waals surface area contributed by atoms with Crippen molar-refractivity contribution in [2.24, 2.45) is 5.92 Å². The van der Waals surface area contributed by atoms with Gasteiger partial charge in [-0.1, -0.05) is 24.3 Å². The average Bonchev–Trinajstić information content (AvgIpc) is 3.41. The molecule has 2 aromatic heterocycles. The van der Waals surface area contributed by atoms with E-state index in [9.17, 15) is 4.79 Å². The fourth-order valence-electron chi connectivity index (χ4n) is 4.63. The highest BCUT2D eigenvalue weighted by Crippen LogP contribution is 2.26. The first-order valence-corrected chi connectivity index (χ1v) is 12.1. The lowest BCUT2D eigenvalue weighted by Gasteiger charge is -2.33. The van der Waals surface area contributed by atoms with Gasteiger partial charge < -0.3 is 19.7 Å². The molecule has 0 unspecified atom stereocenters. The van der Waals surface area contributed by atoms with Gasteiger partial charge in [0.05, 0.1) is 20.3 Å². The lowest BCUT2D eigenvalue weighted by molar-refractivity contribution is -0.126. The van der Waals surface area contributed by atoms with Gasteiger partial charge in [0.15, 0.2) is 5.65 Å². The topological polar surface area (TPSA) is 93.9 Å². The second-order valence-corrected chi connectivity index (χ2v) is 8.97. The Morgan fingerprint density at radius 2 is 1.64 bits per heavy atom. The predicted molar refractivity (Wildman–Crippen MR) is 136 cm³/mol. The van der Waals surface area contributed by atoms with E-state index < -0.39 is 0 Å². The highest BCUT2D eigenvalue weighted by molar-refractivity contribution is 5.79. The second-order valence-electron chi connectivity index (χ2n) is 8.97. The van der Waals surface area contributed by atoms with E-state index in [4.69, 9.17) is 9.47 Å². The summed E-state index contributed by atoms with van der Waals surface area (Å²) in [5.74, 6) is 2.52. The lowest BCUT2D eigenvalue weighted by atomic mass is 9.93. The molecule has 1 aliphatic heterocycles. The fourth-order valence-corrected chi connectivity index (χ4v) is 4.63. The Bertz CT molecular complexity index is 1300. The summed E-state index contributed by atoms with van der Waals surface area (Å²) >= 11 is 0. The fraction of sp³-hybridized carbons (Fsp3) is 0.333. The molecular formula is C27H30N6O3. The van der Waals surface area contributed by atoms with Gasteiger partial charge in [-0.15, -0.1) is 15.3 Å². The first-order chi connectivity index (χ1) is 17.6. The largest absolute Gasteiger partial charge is 0.497 e. The van der Waals surface area contributed by atoms with Crippen LogP contribution in [-0.4, -0.2) is 53.0 Å². The number of rotatable bonds is 8. The molecule has 1 saturated heterocycles. The van der Waals surface area contributed by atoms with Crippen LogP contribution in [0.25, 0.3) is 5.65 Å². The van der Waals surface area contributed by atoms with Crippen molar-refractivity contribution in [3.05, 3.63) is 78.1 Å². The number of carbonyl (C=O) groups excluding carboxylic acids is 1. The van der Waals surface area contributed by atoms with Gasteiger partial charge in [-0.3, -0.25) is 4.79 Å². The summed E-state index contributed by atoms with van der Waals surface area (Å²) in [4.78, 5) is 15.6. The average molecular weight is 487 g/mol. The second kappa shape index (κ2) is 10.6. The van der Waals surface area contributed by atoms with Gasteiger partial charge in [0, 0.05) is 19.0 Å². The van der Waals surface area contributed by atoms with Crippen molar-refractivity contribution in [1.82, 2.24) is 25.1 Å². The van der Waals surface area contributed by atoms with Gasteiger partial charge in [0.1, 0.15) is 23.6 Å². The van der Waals surface area contributed by atoms with Gasteiger partial charge >= 0.3 is 0 Å². The molecule has 186 valence electrons. The molecule has 1 fully saturated rings. The first-order valence-electron chi connectivity index (χ1n) is 12.1. The quantitative estimate of drug-likeness (QED) is 0.408. The Morgan fingerprint density at radius 1 is 0.972 bits per heavy atom. The van der Waals surface area contributed by atoms with E-state index in [1.165, 1.54) is 0 Å². The molecule has 2 aromatic carbocycles. The summed E-state index contributed by atoms with van der Waals surface area (Å²) < 4.78 is 12.3. The Morgan fingerprint density at radius 3 is 2.31 bits per heavy atom. The Labute approximate surface area is 210 Å². The number of amides is 1. The number of nitrogens with zero attached hydrogens (tertiary/aromatic N) is 5. The van der Waals surface area contributed by atoms with Gasteiger partial charge in [-0.05, 0) is 66.8 Å². The van der Waals surface area contributed by atoms with E-state index >= 15 is 0 Å². The summed E-state index contributed by atoms with van der Waals surface area (Å²) in [5, 5.41) is 15.8. The minimum absolute atomic E-state index is 0.0449. The van der Waals surface area contributed by atoms with Crippen molar-refractivity contribution in [3.63, 3.8) is 0 Å². The molecule has 0 spiro atoms. The van der Waals surface area contributed by atoms with Crippen LogP contribution in [0.1, 0.15) is 30.0 Å². The van der Waals surface area contributed by atoms with E-state index in [2.05, 4.69) is 25.5 Å². The molecule has 0 saturated carbocycles. The Hall–Kier alpha value is -4.14. The van der Waals surface area contributed by atoms with Gasteiger partial charge in [-0.2, -0.15) is 4.52 Å². The van der Waals surface area contributed by atoms with Crippen molar-refractivity contribution in [3.8, 4) is 11.5 Å². The molecule has 9 heteroatoms. The Kier molecular flexibility index (Phi) is 6.97. The number of hydrogen-bond donors (Lipinski definition) is 1. The van der Waals surface area contributed by atoms with E-state index in [1.54, 1.807) is 25.1 Å². The smallest absolute Gasteiger partial charge is 0.223 e. The summed E-state index contributed by atoms with van der Waals surface area (Å²) in [6, 6.07) is 19.6. The monoisotopic (exact) mass is 486 g/mol. The zero-order chi connectivity index (χ0) is 24.9. The third-order valence-corrected chi connectivity index (χ3v) is 6.77. The number of nitrogens with one attached hydrogen (secondary N) is 1. The maximum Gasteiger partial charge on any atom is 0.223 e. The number of carbonyl (C=O) groups is 1. The number of hydrogen-bond acceptors (Lipinski definition) is 7. The molecule has 0 bridgehead atoms. The molecule has 9 nitrogen and oxygen atoms in total. The summed E-state index contributed by atoms with van der Waals surface area (Å²) in [6.45, 7) is 1.54. The van der Waals surface area contributed by atoms with Gasteiger partial charge in [0.2, 0.25) is 5.91 Å². The van der Waals surface area contributed by atoms with Crippen LogP contribution in [0.15, 0.2) is 67.0 Å². The van der Waals surface area contributed by atoms with Crippen molar-refractivity contribution in [2.45, 2.75) is 25.3 Å². The number of benzene rings is 2. The third-order valence-electron chi connectivity index (χ3n) is 6.77. The molecule has 1 N–H and O–H groups in total. The lowest BCUT2D eigenvalue weighted by Crippen LogP contribution is -2.42. The molecule has 4 aromatic rings. The zero-order valence-corrected chi connectivity index (χ0v) is 20.5. The van der Waals surface area contributed by atoms with E-state index in [1.807, 2.05) is 60.7 Å². The zero-order valence-electron chi connectivity index (χ0n) is 20.5. The standard InChI is InChI=1S/C27H30N6O3/c1-35-22-7-3-19(4-8-22)17-24(20-5-9-23(36-2)10-6-20)29-27(34)21-13-15-32(16-14-21)26-12-11-25-30-28-18-33(25)31-26/h3-12,18,21,24H,13-17H2,1-2H3,(H,29,34)/t24-/m1/s1. The van der Waals surface area contributed by atoms with Crippen molar-refractivity contribution in [1.29, 1.82) is 0 Å². The van der Waals surface area contributed by atoms with Crippen LogP contribution in [0.4, 0.5) is 5.82 Å². The summed E-state index contributed by atoms with van der Waals surface area (Å²) in [7, 11) is 3.31. The molecule has 5 rings (SSSR count). The van der Waals surface area contributed by atoms with Crippen molar-refractivity contribution in [2.75, 3.05) is 32.2 Å². The number of piperidine rings is 1. The summed E-state index contributed by atoms with van der Waals surface area (Å²) in [5.41, 5.74) is 2.89. The molecule has 3 heterocycles. The maximum atomic E-state index is 13.4. The Balaban J connectivity index is 1.26. The van der Waals surface area contributed by atoms with Crippen molar-refractivity contribution < 1.29 is 14.3 Å². The van der Waals surface area contributed by atoms with Crippen LogP contribution in [0.3, 0.4) is 0 Å². The predicted octanol–water partition coefficient (Wildman–Crippen LogP) is 3.46. The summed E-state index contributed by atoms with van der Waals surface area (Å²) in [6.07, 6.45) is 3.82. The third kappa shape index (κ3) is 5.25. The molecule has 0 radical (unpaired) electrons. The van der Waals surface area contributed by atoms with Crippen LogP contribution in [0.5, 0.6) is 11.5 Å². The minimum Gasteiger partial charge on any atom is -0.497 e. The maximum absolute atomic E-state index is 13.4. The van der Waals surface area contributed by atoms with E-state index in [0.29, 0.717) is 6.42 Å². The van der Waals surface area contributed by atoms with E-state index in [-0.39, 0.29) is 17.9 Å². The first kappa shape index (κ1) is 23.6. The molecule has 1 aliphatic rings. The molecule has 1 amide bonds. The molecular weight excluding hydrogens is 456 g/mol. The minimum atomic E-state index is -0.146. The number of aromatic nitrogens is 4. The highest BCUT2D eigenvalue weighted by Gasteiger charge is 2.28.